The fourth-order valence-electron chi connectivity index (χ4n) is 2.20. The summed E-state index contributed by atoms with van der Waals surface area (Å²) >= 11 is 4.85. The summed E-state index contributed by atoms with van der Waals surface area (Å²) in [5.74, 6) is 0.790. The van der Waals surface area contributed by atoms with Crippen LogP contribution in [0.5, 0.6) is 0 Å². The topological polar surface area (TPSA) is 67.1 Å². The van der Waals surface area contributed by atoms with Gasteiger partial charge in [0, 0.05) is 12.6 Å². The van der Waals surface area contributed by atoms with Crippen LogP contribution >= 0.6 is 12.2 Å². The van der Waals surface area contributed by atoms with Gasteiger partial charge in [0.05, 0.1) is 12.4 Å². The molecule has 98 valence electrons. The van der Waals surface area contributed by atoms with Crippen molar-refractivity contribution in [1.29, 1.82) is 0 Å². The number of anilines is 1. The molecule has 0 spiro atoms. The van der Waals surface area contributed by atoms with Crippen molar-refractivity contribution in [3.05, 3.63) is 18.1 Å². The second-order valence-corrected chi connectivity index (χ2v) is 4.97. The van der Waals surface area contributed by atoms with E-state index in [2.05, 4.69) is 27.1 Å². The molecule has 0 bridgehead atoms. The van der Waals surface area contributed by atoms with Crippen LogP contribution in [0, 0.1) is 0 Å². The zero-order chi connectivity index (χ0) is 13.0. The first kappa shape index (κ1) is 13.2. The summed E-state index contributed by atoms with van der Waals surface area (Å²) in [5, 5.41) is 3.41. The van der Waals surface area contributed by atoms with Crippen LogP contribution in [0.3, 0.4) is 0 Å². The van der Waals surface area contributed by atoms with Gasteiger partial charge in [-0.25, -0.2) is 9.97 Å². The normalized spacial score (nSPS) is 20.6. The van der Waals surface area contributed by atoms with Gasteiger partial charge in [-0.15, -0.1) is 0 Å². The van der Waals surface area contributed by atoms with Crippen LogP contribution in [0.15, 0.2) is 12.4 Å². The summed E-state index contributed by atoms with van der Waals surface area (Å²) in [6.45, 7) is 5.55. The van der Waals surface area contributed by atoms with Gasteiger partial charge in [0.2, 0.25) is 0 Å². The molecule has 1 atom stereocenters. The number of rotatable bonds is 4. The predicted octanol–water partition coefficient (Wildman–Crippen LogP) is 1.01. The van der Waals surface area contributed by atoms with E-state index in [0.717, 1.165) is 18.9 Å². The Hall–Kier alpha value is -1.27. The number of nitrogens with zero attached hydrogens (tertiary/aromatic N) is 3. The summed E-state index contributed by atoms with van der Waals surface area (Å²) < 4.78 is 0. The van der Waals surface area contributed by atoms with E-state index < -0.39 is 0 Å². The Balaban J connectivity index is 1.94. The monoisotopic (exact) mass is 265 g/mol. The summed E-state index contributed by atoms with van der Waals surface area (Å²) in [7, 11) is 0. The van der Waals surface area contributed by atoms with Gasteiger partial charge in [-0.05, 0) is 25.9 Å². The smallest absolute Gasteiger partial charge is 0.144 e. The van der Waals surface area contributed by atoms with Gasteiger partial charge in [-0.2, -0.15) is 0 Å². The van der Waals surface area contributed by atoms with Gasteiger partial charge in [0.15, 0.2) is 0 Å². The molecule has 5 nitrogen and oxygen atoms in total. The molecule has 1 aliphatic heterocycles. The van der Waals surface area contributed by atoms with Gasteiger partial charge in [0.1, 0.15) is 16.5 Å². The number of piperidine rings is 1. The van der Waals surface area contributed by atoms with Gasteiger partial charge in [-0.1, -0.05) is 19.1 Å². The van der Waals surface area contributed by atoms with Crippen LogP contribution in [0.2, 0.25) is 0 Å². The first-order valence-corrected chi connectivity index (χ1v) is 6.70. The lowest BCUT2D eigenvalue weighted by Crippen LogP contribution is -2.42. The van der Waals surface area contributed by atoms with E-state index in [1.54, 1.807) is 12.4 Å². The zero-order valence-electron chi connectivity index (χ0n) is 10.6. The number of nitrogens with one attached hydrogen (secondary N) is 1. The van der Waals surface area contributed by atoms with E-state index in [1.165, 1.54) is 19.4 Å². The molecule has 1 aromatic heterocycles. The molecule has 2 rings (SSSR count). The third-order valence-corrected chi connectivity index (χ3v) is 3.42. The van der Waals surface area contributed by atoms with Crippen molar-refractivity contribution in [3.8, 4) is 0 Å². The van der Waals surface area contributed by atoms with Crippen molar-refractivity contribution in [2.75, 3.05) is 25.0 Å². The lowest BCUT2D eigenvalue weighted by molar-refractivity contribution is 0.226. The number of thiocarbonyl (C=S) groups is 1. The van der Waals surface area contributed by atoms with Crippen molar-refractivity contribution < 1.29 is 0 Å². The van der Waals surface area contributed by atoms with Crippen molar-refractivity contribution in [2.45, 2.75) is 25.8 Å². The molecule has 1 aromatic rings. The van der Waals surface area contributed by atoms with Crippen LogP contribution in [-0.2, 0) is 0 Å². The second kappa shape index (κ2) is 6.06. The Morgan fingerprint density at radius 1 is 1.56 bits per heavy atom. The molecule has 0 aromatic carbocycles. The number of likely N-dealkylation sites (N-methyl/N-ethyl adjacent to an activating group) is 1. The Morgan fingerprint density at radius 3 is 3.00 bits per heavy atom. The number of aromatic nitrogens is 2. The number of likely N-dealkylation sites (tertiary alicyclic amines) is 1. The van der Waals surface area contributed by atoms with E-state index in [4.69, 9.17) is 18.0 Å². The molecule has 3 N–H and O–H groups in total. The van der Waals surface area contributed by atoms with Crippen molar-refractivity contribution >= 4 is 23.0 Å². The maximum atomic E-state index is 5.49. The maximum absolute atomic E-state index is 5.49. The van der Waals surface area contributed by atoms with Crippen molar-refractivity contribution in [3.63, 3.8) is 0 Å². The summed E-state index contributed by atoms with van der Waals surface area (Å²) in [4.78, 5) is 11.2. The number of nitrogens with two attached hydrogens (primary N) is 1. The fourth-order valence-corrected chi connectivity index (χ4v) is 2.30. The molecule has 0 radical (unpaired) electrons. The van der Waals surface area contributed by atoms with E-state index in [9.17, 15) is 0 Å². The lowest BCUT2D eigenvalue weighted by Gasteiger charge is -2.32. The van der Waals surface area contributed by atoms with Crippen LogP contribution in [-0.4, -0.2) is 45.5 Å². The van der Waals surface area contributed by atoms with Crippen LogP contribution in [0.1, 0.15) is 25.5 Å². The molecule has 1 aliphatic rings. The molecule has 0 saturated carbocycles. The Morgan fingerprint density at radius 2 is 2.39 bits per heavy atom. The maximum Gasteiger partial charge on any atom is 0.144 e. The molecule has 0 aliphatic carbocycles. The average molecular weight is 265 g/mol. The summed E-state index contributed by atoms with van der Waals surface area (Å²) in [6.07, 6.45) is 5.71. The van der Waals surface area contributed by atoms with Crippen LogP contribution in [0.25, 0.3) is 0 Å². The lowest BCUT2D eigenvalue weighted by atomic mass is 10.1. The average Bonchev–Trinajstić information content (AvgIpc) is 2.39. The first-order valence-electron chi connectivity index (χ1n) is 6.29. The van der Waals surface area contributed by atoms with E-state index >= 15 is 0 Å². The molecule has 1 fully saturated rings. The zero-order valence-corrected chi connectivity index (χ0v) is 11.4. The van der Waals surface area contributed by atoms with Crippen LogP contribution < -0.4 is 11.1 Å². The van der Waals surface area contributed by atoms with E-state index in [-0.39, 0.29) is 4.99 Å². The highest BCUT2D eigenvalue weighted by Gasteiger charge is 2.18. The minimum absolute atomic E-state index is 0.281. The third-order valence-electron chi connectivity index (χ3n) is 3.21. The predicted molar refractivity (Wildman–Crippen MR) is 76.7 cm³/mol. The summed E-state index contributed by atoms with van der Waals surface area (Å²) in [6, 6.07) is 0.448. The molecule has 6 heteroatoms. The largest absolute Gasteiger partial charge is 0.388 e. The Bertz CT molecular complexity index is 405. The quantitative estimate of drug-likeness (QED) is 0.792. The van der Waals surface area contributed by atoms with Crippen molar-refractivity contribution in [2.24, 2.45) is 5.73 Å². The van der Waals surface area contributed by atoms with Gasteiger partial charge in [-0.3, -0.25) is 0 Å². The number of hydrogen-bond acceptors (Lipinski definition) is 5. The molecule has 18 heavy (non-hydrogen) atoms. The van der Waals surface area contributed by atoms with Crippen molar-refractivity contribution in [1.82, 2.24) is 14.9 Å². The third kappa shape index (κ3) is 3.36. The van der Waals surface area contributed by atoms with Gasteiger partial charge in [0.25, 0.3) is 0 Å². The Kier molecular flexibility index (Phi) is 4.43. The molecule has 2 heterocycles. The highest BCUT2D eigenvalue weighted by atomic mass is 32.1. The van der Waals surface area contributed by atoms with Gasteiger partial charge < -0.3 is 16.0 Å². The first-order chi connectivity index (χ1) is 8.69. The Labute approximate surface area is 113 Å². The standard InChI is InChI=1S/C12H19N5S/c1-2-17-5-3-4-9(8-17)16-11-7-14-10(6-15-11)12(13)18/h6-7,9H,2-5,8H2,1H3,(H2,13,18)(H,15,16). The molecule has 1 unspecified atom stereocenters. The second-order valence-electron chi connectivity index (χ2n) is 4.53. The van der Waals surface area contributed by atoms with Gasteiger partial charge >= 0.3 is 0 Å². The SMILES string of the molecule is CCN1CCCC(Nc2cnc(C(N)=S)cn2)C1. The minimum atomic E-state index is 0.281. The summed E-state index contributed by atoms with van der Waals surface area (Å²) in [5.41, 5.74) is 6.05. The van der Waals surface area contributed by atoms with E-state index in [0.29, 0.717) is 11.7 Å². The van der Waals surface area contributed by atoms with Crippen LogP contribution in [0.4, 0.5) is 5.82 Å². The molecule has 1 saturated heterocycles. The molecule has 0 amide bonds. The fraction of sp³-hybridized carbons (Fsp3) is 0.583. The molecular formula is C12H19N5S. The highest BCUT2D eigenvalue weighted by Crippen LogP contribution is 2.13. The highest BCUT2D eigenvalue weighted by molar-refractivity contribution is 7.80. The minimum Gasteiger partial charge on any atom is -0.388 e. The van der Waals surface area contributed by atoms with E-state index in [1.807, 2.05) is 0 Å². The molecular weight excluding hydrogens is 246 g/mol. The number of hydrogen-bond donors (Lipinski definition) is 2.